The number of thiazole rings is 1. The molecular weight excluding hydrogens is 306 g/mol. The Kier molecular flexibility index (Phi) is 4.65. The number of hydrogen-bond donors (Lipinski definition) is 0. The van der Waals surface area contributed by atoms with E-state index in [-0.39, 0.29) is 4.87 Å². The lowest BCUT2D eigenvalue weighted by atomic mass is 9.93. The smallest absolute Gasteiger partial charge is 0.289 e. The van der Waals surface area contributed by atoms with Gasteiger partial charge in [0.1, 0.15) is 0 Å². The highest BCUT2D eigenvalue weighted by Crippen LogP contribution is 2.27. The lowest BCUT2D eigenvalue weighted by molar-refractivity contribution is 0.252. The largest absolute Gasteiger partial charge is 0.308 e. The number of nitriles is 1. The van der Waals surface area contributed by atoms with Crippen LogP contribution in [-0.4, -0.2) is 16.5 Å². The molecule has 1 aromatic carbocycles. The molecule has 1 aliphatic carbocycles. The van der Waals surface area contributed by atoms with Crippen LogP contribution in [0.15, 0.2) is 29.1 Å². The average Bonchev–Trinajstić information content (AvgIpc) is 2.82. The van der Waals surface area contributed by atoms with Crippen LogP contribution in [0.4, 0.5) is 0 Å². The molecule has 0 bridgehead atoms. The summed E-state index contributed by atoms with van der Waals surface area (Å²) in [6.07, 6.45) is 3.21. The standard InChI is InChI=1S/C18H21N3OS/c1-13-6-7-16-17(8-13)23-18(22)21(16)12-20(2)11-15-5-3-4-14(9-15)10-19/h3-5,9,13H,6-8,11-12H2,1-2H3/t13-/m1/s1. The minimum absolute atomic E-state index is 0.154. The molecule has 5 heteroatoms. The molecule has 0 radical (unpaired) electrons. The first kappa shape index (κ1) is 16.0. The van der Waals surface area contributed by atoms with E-state index in [9.17, 15) is 4.79 Å². The molecule has 0 unspecified atom stereocenters. The first-order valence-electron chi connectivity index (χ1n) is 7.95. The van der Waals surface area contributed by atoms with Crippen molar-refractivity contribution in [1.29, 1.82) is 5.26 Å². The minimum atomic E-state index is 0.154. The van der Waals surface area contributed by atoms with Crippen LogP contribution in [0.3, 0.4) is 0 Å². The molecule has 0 N–H and O–H groups in total. The first-order chi connectivity index (χ1) is 11.1. The van der Waals surface area contributed by atoms with Gasteiger partial charge >= 0.3 is 4.87 Å². The molecule has 0 aliphatic heterocycles. The van der Waals surface area contributed by atoms with Gasteiger partial charge in [-0.15, -0.1) is 0 Å². The number of fused-ring (bicyclic) bond motifs is 1. The summed E-state index contributed by atoms with van der Waals surface area (Å²) >= 11 is 1.41. The van der Waals surface area contributed by atoms with Gasteiger partial charge in [-0.1, -0.05) is 30.4 Å². The van der Waals surface area contributed by atoms with Crippen molar-refractivity contribution >= 4 is 11.3 Å². The van der Waals surface area contributed by atoms with E-state index in [0.717, 1.165) is 31.4 Å². The van der Waals surface area contributed by atoms with Crippen molar-refractivity contribution in [3.05, 3.63) is 55.6 Å². The van der Waals surface area contributed by atoms with E-state index < -0.39 is 0 Å². The van der Waals surface area contributed by atoms with E-state index in [4.69, 9.17) is 5.26 Å². The fourth-order valence-electron chi connectivity index (χ4n) is 3.20. The van der Waals surface area contributed by atoms with Crippen LogP contribution in [0.2, 0.25) is 0 Å². The average molecular weight is 327 g/mol. The van der Waals surface area contributed by atoms with Gasteiger partial charge in [0.25, 0.3) is 0 Å². The van der Waals surface area contributed by atoms with Crippen molar-refractivity contribution in [1.82, 2.24) is 9.47 Å². The van der Waals surface area contributed by atoms with Crippen molar-refractivity contribution in [3.63, 3.8) is 0 Å². The Morgan fingerprint density at radius 1 is 1.48 bits per heavy atom. The van der Waals surface area contributed by atoms with Gasteiger partial charge < -0.3 is 0 Å². The highest BCUT2D eigenvalue weighted by Gasteiger charge is 2.22. The lowest BCUT2D eigenvalue weighted by Crippen LogP contribution is -2.29. The summed E-state index contributed by atoms with van der Waals surface area (Å²) in [5.41, 5.74) is 3.00. The van der Waals surface area contributed by atoms with Crippen molar-refractivity contribution < 1.29 is 0 Å². The van der Waals surface area contributed by atoms with Crippen LogP contribution < -0.4 is 4.87 Å². The summed E-state index contributed by atoms with van der Waals surface area (Å²) in [6.45, 7) is 3.59. The Bertz CT molecular complexity index is 799. The summed E-state index contributed by atoms with van der Waals surface area (Å²) in [5.74, 6) is 0.681. The van der Waals surface area contributed by atoms with Crippen LogP contribution in [0.25, 0.3) is 0 Å². The molecule has 23 heavy (non-hydrogen) atoms. The number of hydrogen-bond acceptors (Lipinski definition) is 4. The summed E-state index contributed by atoms with van der Waals surface area (Å²) in [4.78, 5) is 15.9. The SMILES string of the molecule is C[C@@H]1CCc2c(sc(=O)n2CN(C)Cc2cccc(C#N)c2)C1. The number of nitrogens with zero attached hydrogens (tertiary/aromatic N) is 3. The van der Waals surface area contributed by atoms with Crippen LogP contribution >= 0.6 is 11.3 Å². The van der Waals surface area contributed by atoms with Crippen LogP contribution in [-0.2, 0) is 26.1 Å². The Hall–Kier alpha value is -1.90. The maximum absolute atomic E-state index is 12.3. The predicted molar refractivity (Wildman–Crippen MR) is 92.4 cm³/mol. The zero-order chi connectivity index (χ0) is 16.4. The molecule has 1 heterocycles. The molecule has 0 spiro atoms. The third-order valence-corrected chi connectivity index (χ3v) is 5.42. The molecule has 120 valence electrons. The summed E-state index contributed by atoms with van der Waals surface area (Å²) in [6, 6.07) is 9.81. The number of benzene rings is 1. The third-order valence-electron chi connectivity index (χ3n) is 4.38. The molecule has 0 amide bonds. The molecule has 0 saturated heterocycles. The quantitative estimate of drug-likeness (QED) is 0.867. The Balaban J connectivity index is 1.74. The fraction of sp³-hybridized carbons (Fsp3) is 0.444. The monoisotopic (exact) mass is 327 g/mol. The highest BCUT2D eigenvalue weighted by atomic mass is 32.1. The highest BCUT2D eigenvalue weighted by molar-refractivity contribution is 7.09. The zero-order valence-corrected chi connectivity index (χ0v) is 14.4. The maximum Gasteiger partial charge on any atom is 0.308 e. The van der Waals surface area contributed by atoms with E-state index in [1.165, 1.54) is 21.9 Å². The number of aromatic nitrogens is 1. The van der Waals surface area contributed by atoms with Crippen LogP contribution in [0.5, 0.6) is 0 Å². The molecule has 1 atom stereocenters. The molecule has 4 nitrogen and oxygen atoms in total. The second-order valence-electron chi connectivity index (χ2n) is 6.48. The van der Waals surface area contributed by atoms with E-state index in [2.05, 4.69) is 17.9 Å². The van der Waals surface area contributed by atoms with E-state index in [0.29, 0.717) is 18.2 Å². The van der Waals surface area contributed by atoms with Gasteiger partial charge in [-0.2, -0.15) is 5.26 Å². The first-order valence-corrected chi connectivity index (χ1v) is 8.77. The predicted octanol–water partition coefficient (Wildman–Crippen LogP) is 3.00. The second kappa shape index (κ2) is 6.69. The Morgan fingerprint density at radius 3 is 3.09 bits per heavy atom. The molecule has 3 rings (SSSR count). The molecule has 0 saturated carbocycles. The molecular formula is C18H21N3OS. The van der Waals surface area contributed by atoms with Crippen LogP contribution in [0.1, 0.15) is 35.0 Å². The Morgan fingerprint density at radius 2 is 2.30 bits per heavy atom. The van der Waals surface area contributed by atoms with E-state index in [1.54, 1.807) is 0 Å². The van der Waals surface area contributed by atoms with Crippen molar-refractivity contribution in [3.8, 4) is 6.07 Å². The molecule has 2 aromatic rings. The van der Waals surface area contributed by atoms with Gasteiger partial charge in [0.15, 0.2) is 0 Å². The van der Waals surface area contributed by atoms with Gasteiger partial charge in [-0.25, -0.2) is 0 Å². The number of rotatable bonds is 4. The molecule has 0 fully saturated rings. The van der Waals surface area contributed by atoms with E-state index in [1.807, 2.05) is 35.9 Å². The maximum atomic E-state index is 12.3. The second-order valence-corrected chi connectivity index (χ2v) is 7.53. The fourth-order valence-corrected chi connectivity index (χ4v) is 4.39. The Labute approximate surface area is 140 Å². The summed E-state index contributed by atoms with van der Waals surface area (Å²) in [5, 5.41) is 8.99. The van der Waals surface area contributed by atoms with Crippen molar-refractivity contribution in [2.75, 3.05) is 7.05 Å². The summed E-state index contributed by atoms with van der Waals surface area (Å²) < 4.78 is 1.93. The lowest BCUT2D eigenvalue weighted by Gasteiger charge is -2.22. The zero-order valence-electron chi connectivity index (χ0n) is 13.6. The van der Waals surface area contributed by atoms with Crippen molar-refractivity contribution in [2.45, 2.75) is 39.4 Å². The van der Waals surface area contributed by atoms with Crippen LogP contribution in [0, 0.1) is 17.2 Å². The minimum Gasteiger partial charge on any atom is -0.289 e. The molecule has 1 aliphatic rings. The molecule has 1 aromatic heterocycles. The van der Waals surface area contributed by atoms with Crippen molar-refractivity contribution in [2.24, 2.45) is 5.92 Å². The normalized spacial score (nSPS) is 17.0. The van der Waals surface area contributed by atoms with Gasteiger partial charge in [0, 0.05) is 17.1 Å². The third kappa shape index (κ3) is 3.54. The van der Waals surface area contributed by atoms with Gasteiger partial charge in [0.05, 0.1) is 18.3 Å². The van der Waals surface area contributed by atoms with E-state index >= 15 is 0 Å². The summed E-state index contributed by atoms with van der Waals surface area (Å²) in [7, 11) is 2.01. The van der Waals surface area contributed by atoms with Gasteiger partial charge in [0.2, 0.25) is 0 Å². The van der Waals surface area contributed by atoms with Gasteiger partial charge in [-0.05, 0) is 49.9 Å². The topological polar surface area (TPSA) is 49.0 Å². The van der Waals surface area contributed by atoms with Gasteiger partial charge in [-0.3, -0.25) is 14.3 Å².